The van der Waals surface area contributed by atoms with E-state index in [9.17, 15) is 9.59 Å². The third kappa shape index (κ3) is 6.39. The number of nitrogens with one attached hydrogen (secondary N) is 1. The van der Waals surface area contributed by atoms with Gasteiger partial charge in [0.2, 0.25) is 0 Å². The fraction of sp³-hybridized carbons (Fsp3) is 0.261. The lowest BCUT2D eigenvalue weighted by molar-refractivity contribution is -0.131. The molecular weight excluding hydrogens is 574 g/mol. The molecule has 3 N–H and O–H groups in total. The van der Waals surface area contributed by atoms with Crippen molar-refractivity contribution in [1.82, 2.24) is 4.57 Å². The molecule has 3 aromatic rings. The number of rotatable bonds is 8. The van der Waals surface area contributed by atoms with Crippen LogP contribution in [0.15, 0.2) is 46.9 Å². The molecule has 0 unspecified atom stereocenters. The molecule has 0 bridgehead atoms. The Morgan fingerprint density at radius 1 is 1.21 bits per heavy atom. The molecule has 0 spiro atoms. The van der Waals surface area contributed by atoms with E-state index in [1.807, 2.05) is 47.9 Å². The van der Waals surface area contributed by atoms with Crippen LogP contribution in [0.5, 0.6) is 5.75 Å². The predicted octanol–water partition coefficient (Wildman–Crippen LogP) is 5.98. The number of unbranched alkanes of at least 4 members (excludes halogenated alkanes) is 1. The lowest BCUT2D eigenvalue weighted by Crippen LogP contribution is -2.12. The maximum atomic E-state index is 13.2. The summed E-state index contributed by atoms with van der Waals surface area (Å²) in [6.07, 6.45) is 1.65. The van der Waals surface area contributed by atoms with Crippen LogP contribution in [0.3, 0.4) is 0 Å². The van der Waals surface area contributed by atoms with E-state index < -0.39 is 11.9 Å². The van der Waals surface area contributed by atoms with E-state index in [2.05, 4.69) is 15.9 Å². The second-order valence-electron chi connectivity index (χ2n) is 7.03. The number of para-hydroxylation sites is 1. The highest BCUT2D eigenvalue weighted by molar-refractivity contribution is 9.10. The van der Waals surface area contributed by atoms with Crippen molar-refractivity contribution in [1.29, 1.82) is 5.41 Å². The molecule has 0 amide bonds. The first-order chi connectivity index (χ1) is 15.3. The van der Waals surface area contributed by atoms with Crippen molar-refractivity contribution in [3.8, 4) is 11.4 Å². The van der Waals surface area contributed by atoms with Gasteiger partial charge < -0.3 is 19.8 Å². The largest absolute Gasteiger partial charge is 0.462 e. The number of aromatic nitrogens is 1. The van der Waals surface area contributed by atoms with Gasteiger partial charge in [-0.2, -0.15) is 0 Å². The highest BCUT2D eigenvalue weighted by Crippen LogP contribution is 2.38. The van der Waals surface area contributed by atoms with Gasteiger partial charge in [0.25, 0.3) is 0 Å². The highest BCUT2D eigenvalue weighted by Gasteiger charge is 2.26. The van der Waals surface area contributed by atoms with Crippen LogP contribution >= 0.6 is 44.7 Å². The van der Waals surface area contributed by atoms with E-state index in [0.29, 0.717) is 33.5 Å². The highest BCUT2D eigenvalue weighted by atomic mass is 79.9. The third-order valence-corrected chi connectivity index (χ3v) is 6.04. The number of ether oxygens (including phenoxy) is 2. The van der Waals surface area contributed by atoms with Crippen molar-refractivity contribution in [2.45, 2.75) is 32.4 Å². The Hall–Kier alpha value is -2.30. The first-order valence-corrected chi connectivity index (χ1v) is 11.9. The van der Waals surface area contributed by atoms with Crippen LogP contribution in [-0.2, 0) is 15.3 Å². The number of carbonyl (C=O) groups is 2. The summed E-state index contributed by atoms with van der Waals surface area (Å²) >= 11 is 4.59. The summed E-state index contributed by atoms with van der Waals surface area (Å²) < 4.78 is 13.4. The van der Waals surface area contributed by atoms with Crippen LogP contribution in [0.2, 0.25) is 0 Å². The zero-order valence-corrected chi connectivity index (χ0v) is 22.3. The summed E-state index contributed by atoms with van der Waals surface area (Å²) in [5.41, 5.74) is 8.21. The second-order valence-corrected chi connectivity index (χ2v) is 8.90. The Bertz CT molecular complexity index is 1170. The second kappa shape index (κ2) is 12.2. The number of hydrogen-bond acceptors (Lipinski definition) is 6. The minimum absolute atomic E-state index is 0. The van der Waals surface area contributed by atoms with E-state index in [1.165, 1.54) is 6.92 Å². The van der Waals surface area contributed by atoms with E-state index in [4.69, 9.17) is 20.6 Å². The molecule has 0 atom stereocenters. The Kier molecular flexibility index (Phi) is 10.00. The van der Waals surface area contributed by atoms with Crippen molar-refractivity contribution >= 4 is 72.7 Å². The van der Waals surface area contributed by atoms with Crippen LogP contribution in [0.1, 0.15) is 42.7 Å². The zero-order valence-electron chi connectivity index (χ0n) is 18.2. The molecule has 176 valence electrons. The van der Waals surface area contributed by atoms with E-state index >= 15 is 0 Å². The number of nitrogens with zero attached hydrogens (tertiary/aromatic N) is 1. The van der Waals surface area contributed by atoms with Crippen molar-refractivity contribution < 1.29 is 19.1 Å². The quantitative estimate of drug-likeness (QED) is 0.109. The maximum Gasteiger partial charge on any atom is 0.340 e. The van der Waals surface area contributed by atoms with Gasteiger partial charge in [-0.05, 0) is 46.6 Å². The maximum absolute atomic E-state index is 13.2. The van der Waals surface area contributed by atoms with E-state index in [-0.39, 0.29) is 27.9 Å². The normalized spacial score (nSPS) is 10.5. The molecule has 3 rings (SSSR count). The van der Waals surface area contributed by atoms with Crippen LogP contribution in [-0.4, -0.2) is 28.3 Å². The lowest BCUT2D eigenvalue weighted by atomic mass is 10.1. The number of esters is 2. The van der Waals surface area contributed by atoms with E-state index in [1.54, 1.807) is 6.07 Å². The van der Waals surface area contributed by atoms with Gasteiger partial charge in [0.15, 0.2) is 5.17 Å². The van der Waals surface area contributed by atoms with Gasteiger partial charge in [-0.15, -0.1) is 17.0 Å². The van der Waals surface area contributed by atoms with Gasteiger partial charge in [0, 0.05) is 29.4 Å². The number of hydrogen-bond donors (Lipinski definition) is 2. The lowest BCUT2D eigenvalue weighted by Gasteiger charge is -2.12. The fourth-order valence-corrected chi connectivity index (χ4v) is 4.32. The molecule has 0 aliphatic carbocycles. The van der Waals surface area contributed by atoms with Crippen molar-refractivity contribution in [3.05, 3.63) is 58.2 Å². The van der Waals surface area contributed by atoms with Crippen molar-refractivity contribution in [2.75, 3.05) is 6.61 Å². The summed E-state index contributed by atoms with van der Waals surface area (Å²) in [4.78, 5) is 24.8. The third-order valence-electron chi connectivity index (χ3n) is 4.69. The fourth-order valence-electron chi connectivity index (χ4n) is 3.34. The summed E-state index contributed by atoms with van der Waals surface area (Å²) in [5, 5.41) is 8.20. The number of benzene rings is 2. The molecule has 1 aromatic heterocycles. The molecule has 10 heteroatoms. The molecule has 0 aliphatic heterocycles. The van der Waals surface area contributed by atoms with Gasteiger partial charge >= 0.3 is 11.9 Å². The number of halogens is 2. The van der Waals surface area contributed by atoms with Gasteiger partial charge in [-0.3, -0.25) is 10.2 Å². The molecule has 0 saturated carbocycles. The monoisotopic (exact) mass is 597 g/mol. The summed E-state index contributed by atoms with van der Waals surface area (Å²) in [6.45, 7) is 3.65. The summed E-state index contributed by atoms with van der Waals surface area (Å²) in [5.74, 6) is -0.332. The Balaban J connectivity index is 0.00000385. The first kappa shape index (κ1) is 26.9. The standard InChI is InChI=1S/C23H24BrN3O4S.BrH/c1-3-4-10-30-22(29)21-16-11-20(31-14(2)28)17(24)12-18(16)27(15-8-6-5-7-9-15)19(21)13-32-23(25)26;/h5-9,11-12H,3-4,10,13H2,1-2H3,(H3,25,26);1H. The number of nitrogens with two attached hydrogens (primary N) is 1. The summed E-state index contributed by atoms with van der Waals surface area (Å²) in [7, 11) is 0. The molecule has 0 saturated heterocycles. The Labute approximate surface area is 215 Å². The zero-order chi connectivity index (χ0) is 23.3. The molecule has 7 nitrogen and oxygen atoms in total. The van der Waals surface area contributed by atoms with Gasteiger partial charge in [0.05, 0.1) is 22.2 Å². The number of fused-ring (bicyclic) bond motifs is 1. The van der Waals surface area contributed by atoms with Gasteiger partial charge in [-0.1, -0.05) is 43.3 Å². The van der Waals surface area contributed by atoms with Gasteiger partial charge in [0.1, 0.15) is 5.75 Å². The topological polar surface area (TPSA) is 107 Å². The molecule has 33 heavy (non-hydrogen) atoms. The van der Waals surface area contributed by atoms with Crippen LogP contribution in [0, 0.1) is 5.41 Å². The minimum Gasteiger partial charge on any atom is -0.462 e. The Morgan fingerprint density at radius 2 is 1.91 bits per heavy atom. The van der Waals surface area contributed by atoms with Crippen LogP contribution in [0.4, 0.5) is 0 Å². The smallest absolute Gasteiger partial charge is 0.340 e. The molecule has 1 heterocycles. The van der Waals surface area contributed by atoms with Crippen molar-refractivity contribution in [2.24, 2.45) is 5.73 Å². The van der Waals surface area contributed by atoms with Gasteiger partial charge in [-0.25, -0.2) is 4.79 Å². The average Bonchev–Trinajstić information content (AvgIpc) is 3.05. The summed E-state index contributed by atoms with van der Waals surface area (Å²) in [6, 6.07) is 13.1. The number of amidine groups is 1. The predicted molar refractivity (Wildman–Crippen MR) is 141 cm³/mol. The first-order valence-electron chi connectivity index (χ1n) is 10.1. The Morgan fingerprint density at radius 3 is 2.52 bits per heavy atom. The molecule has 0 aliphatic rings. The van der Waals surface area contributed by atoms with Crippen LogP contribution < -0.4 is 10.5 Å². The van der Waals surface area contributed by atoms with Crippen molar-refractivity contribution in [3.63, 3.8) is 0 Å². The number of thioether (sulfide) groups is 1. The SMILES string of the molecule is Br.CCCCOC(=O)c1c(CSC(=N)N)n(-c2ccccc2)c2cc(Br)c(OC(C)=O)cc12. The molecule has 0 fully saturated rings. The van der Waals surface area contributed by atoms with E-state index in [0.717, 1.165) is 35.8 Å². The minimum atomic E-state index is -0.466. The van der Waals surface area contributed by atoms with Crippen LogP contribution in [0.25, 0.3) is 16.6 Å². The molecule has 2 aromatic carbocycles. The molecule has 0 radical (unpaired) electrons. The molecular formula is C23H25Br2N3O4S. The average molecular weight is 599 g/mol. The number of carbonyl (C=O) groups excluding carboxylic acids is 2.